The van der Waals surface area contributed by atoms with Crippen molar-refractivity contribution in [1.29, 1.82) is 0 Å². The van der Waals surface area contributed by atoms with Crippen LogP contribution in [0.4, 0.5) is 0 Å². The molecule has 0 aromatic heterocycles. The number of hydrogen-bond donors (Lipinski definition) is 1. The van der Waals surface area contributed by atoms with Crippen molar-refractivity contribution in [2.24, 2.45) is 10.9 Å². The van der Waals surface area contributed by atoms with Crippen molar-refractivity contribution >= 4 is 29.3 Å². The van der Waals surface area contributed by atoms with Gasteiger partial charge < -0.3 is 14.9 Å². The summed E-state index contributed by atoms with van der Waals surface area (Å²) in [5, 5.41) is 9.90. The van der Waals surface area contributed by atoms with Gasteiger partial charge in [-0.1, -0.05) is 23.7 Å². The Morgan fingerprint density at radius 2 is 1.69 bits per heavy atom. The molecule has 1 N–H and O–H groups in total. The van der Waals surface area contributed by atoms with Gasteiger partial charge in [-0.05, 0) is 37.8 Å². The van der Waals surface area contributed by atoms with Crippen LogP contribution in [0, 0.1) is 5.92 Å². The molecular weight excluding hydrogens is 354 g/mol. The van der Waals surface area contributed by atoms with Crippen LogP contribution in [-0.4, -0.2) is 64.3 Å². The lowest BCUT2D eigenvalue weighted by Gasteiger charge is -2.37. The first-order valence-electron chi connectivity index (χ1n) is 9.12. The van der Waals surface area contributed by atoms with Gasteiger partial charge in [0.25, 0.3) is 5.91 Å². The normalized spacial score (nSPS) is 22.3. The number of halogens is 1. The number of aliphatic imine (C=N–C) groups is 1. The third-order valence-electron chi connectivity index (χ3n) is 5.39. The lowest BCUT2D eigenvalue weighted by molar-refractivity contribution is -0.139. The van der Waals surface area contributed by atoms with Crippen molar-refractivity contribution in [3.63, 3.8) is 0 Å². The lowest BCUT2D eigenvalue weighted by atomic mass is 10.1. The van der Waals surface area contributed by atoms with Gasteiger partial charge in [0.15, 0.2) is 5.54 Å². The number of benzene rings is 1. The van der Waals surface area contributed by atoms with E-state index in [-0.39, 0.29) is 5.91 Å². The largest absolute Gasteiger partial charge is 0.479 e. The molecule has 0 spiro atoms. The van der Waals surface area contributed by atoms with Gasteiger partial charge in [0.2, 0.25) is 0 Å². The van der Waals surface area contributed by atoms with Crippen LogP contribution < -0.4 is 0 Å². The Bertz CT molecular complexity index is 763. The van der Waals surface area contributed by atoms with Crippen molar-refractivity contribution in [2.75, 3.05) is 26.2 Å². The SMILES string of the molecule is O=C(c1ccccc1Cl)N1CCN(C(=NC2(C(=O)O)CC2)C2CC2)CC1. The van der Waals surface area contributed by atoms with Crippen molar-refractivity contribution in [3.05, 3.63) is 34.9 Å². The summed E-state index contributed by atoms with van der Waals surface area (Å²) in [4.78, 5) is 32.8. The van der Waals surface area contributed by atoms with Gasteiger partial charge >= 0.3 is 5.97 Å². The molecule has 2 aliphatic carbocycles. The highest BCUT2D eigenvalue weighted by molar-refractivity contribution is 6.33. The molecular formula is C19H22ClN3O3. The maximum Gasteiger partial charge on any atom is 0.331 e. The monoisotopic (exact) mass is 375 g/mol. The molecule has 6 nitrogen and oxygen atoms in total. The number of carbonyl (C=O) groups excluding carboxylic acids is 1. The number of carboxylic acids is 1. The Balaban J connectivity index is 1.44. The minimum Gasteiger partial charge on any atom is -0.479 e. The van der Waals surface area contributed by atoms with E-state index < -0.39 is 11.5 Å². The number of amides is 1. The third-order valence-corrected chi connectivity index (χ3v) is 5.72. The van der Waals surface area contributed by atoms with E-state index in [0.29, 0.717) is 55.5 Å². The standard InChI is InChI=1S/C19H22ClN3O3/c20-15-4-2-1-3-14(15)17(24)23-11-9-22(10-12-23)16(13-5-6-13)21-19(7-8-19)18(25)26/h1-4,13H,5-12H2,(H,25,26). The quantitative estimate of drug-likeness (QED) is 0.648. The fourth-order valence-electron chi connectivity index (χ4n) is 3.42. The van der Waals surface area contributed by atoms with Crippen molar-refractivity contribution in [1.82, 2.24) is 9.80 Å². The minimum absolute atomic E-state index is 0.0515. The highest BCUT2D eigenvalue weighted by Crippen LogP contribution is 2.43. The first kappa shape index (κ1) is 17.3. The van der Waals surface area contributed by atoms with E-state index in [4.69, 9.17) is 11.6 Å². The van der Waals surface area contributed by atoms with Crippen LogP contribution in [0.5, 0.6) is 0 Å². The molecule has 2 saturated carbocycles. The second-order valence-electron chi connectivity index (χ2n) is 7.34. The summed E-state index contributed by atoms with van der Waals surface area (Å²) in [5.41, 5.74) is -0.357. The maximum absolute atomic E-state index is 12.7. The molecule has 0 bridgehead atoms. The zero-order valence-electron chi connectivity index (χ0n) is 14.5. The van der Waals surface area contributed by atoms with E-state index in [0.717, 1.165) is 18.7 Å². The van der Waals surface area contributed by atoms with Crippen LogP contribution in [0.1, 0.15) is 36.0 Å². The summed E-state index contributed by atoms with van der Waals surface area (Å²) in [6.45, 7) is 2.55. The van der Waals surface area contributed by atoms with Crippen LogP contribution in [0.25, 0.3) is 0 Å². The van der Waals surface area contributed by atoms with E-state index in [1.165, 1.54) is 0 Å². The number of aliphatic carboxylic acids is 1. The lowest BCUT2D eigenvalue weighted by Crippen LogP contribution is -2.51. The molecule has 1 aliphatic heterocycles. The predicted octanol–water partition coefficient (Wildman–Crippen LogP) is 2.52. The summed E-state index contributed by atoms with van der Waals surface area (Å²) in [7, 11) is 0. The van der Waals surface area contributed by atoms with Crippen LogP contribution in [0.3, 0.4) is 0 Å². The number of hydrogen-bond acceptors (Lipinski definition) is 3. The first-order valence-corrected chi connectivity index (χ1v) is 9.50. The van der Waals surface area contributed by atoms with Crippen LogP contribution in [0.2, 0.25) is 5.02 Å². The molecule has 7 heteroatoms. The number of carbonyl (C=O) groups is 2. The number of carboxylic acid groups (broad SMARTS) is 1. The second kappa shape index (κ2) is 6.58. The van der Waals surface area contributed by atoms with Gasteiger partial charge in [-0.15, -0.1) is 0 Å². The van der Waals surface area contributed by atoms with Gasteiger partial charge in [0, 0.05) is 32.1 Å². The van der Waals surface area contributed by atoms with E-state index in [1.807, 2.05) is 17.0 Å². The Labute approximate surface area is 157 Å². The van der Waals surface area contributed by atoms with Gasteiger partial charge in [0.1, 0.15) is 5.84 Å². The smallest absolute Gasteiger partial charge is 0.331 e. The minimum atomic E-state index is -0.886. The van der Waals surface area contributed by atoms with E-state index in [1.54, 1.807) is 12.1 Å². The van der Waals surface area contributed by atoms with Gasteiger partial charge in [-0.3, -0.25) is 9.79 Å². The molecule has 0 unspecified atom stereocenters. The molecule has 4 rings (SSSR count). The Kier molecular flexibility index (Phi) is 4.39. The molecule has 1 amide bonds. The molecule has 0 atom stereocenters. The summed E-state index contributed by atoms with van der Waals surface area (Å²) in [6.07, 6.45) is 3.41. The number of amidine groups is 1. The van der Waals surface area contributed by atoms with Crippen molar-refractivity contribution < 1.29 is 14.7 Å². The van der Waals surface area contributed by atoms with E-state index in [2.05, 4.69) is 9.89 Å². The molecule has 1 aromatic carbocycles. The third kappa shape index (κ3) is 3.30. The first-order chi connectivity index (χ1) is 12.5. The molecule has 1 heterocycles. The van der Waals surface area contributed by atoms with Crippen LogP contribution in [0.15, 0.2) is 29.3 Å². The summed E-state index contributed by atoms with van der Waals surface area (Å²) in [6, 6.07) is 7.10. The zero-order valence-corrected chi connectivity index (χ0v) is 15.3. The summed E-state index contributed by atoms with van der Waals surface area (Å²) in [5.74, 6) is 0.458. The predicted molar refractivity (Wildman–Crippen MR) is 98.7 cm³/mol. The van der Waals surface area contributed by atoms with E-state index in [9.17, 15) is 14.7 Å². The average molecular weight is 376 g/mol. The molecule has 1 saturated heterocycles. The molecule has 1 aromatic rings. The zero-order chi connectivity index (χ0) is 18.3. The summed E-state index contributed by atoms with van der Waals surface area (Å²) >= 11 is 6.14. The fraction of sp³-hybridized carbons (Fsp3) is 0.526. The van der Waals surface area contributed by atoms with Gasteiger partial charge in [-0.25, -0.2) is 4.79 Å². The number of rotatable bonds is 4. The Morgan fingerprint density at radius 3 is 2.23 bits per heavy atom. The van der Waals surface area contributed by atoms with Crippen molar-refractivity contribution in [2.45, 2.75) is 31.2 Å². The maximum atomic E-state index is 12.7. The Hall–Kier alpha value is -2.08. The topological polar surface area (TPSA) is 73.2 Å². The van der Waals surface area contributed by atoms with Crippen molar-refractivity contribution in [3.8, 4) is 0 Å². The molecule has 0 radical (unpaired) electrons. The van der Waals surface area contributed by atoms with Gasteiger partial charge in [-0.2, -0.15) is 0 Å². The van der Waals surface area contributed by atoms with E-state index >= 15 is 0 Å². The highest BCUT2D eigenvalue weighted by Gasteiger charge is 2.52. The fourth-order valence-corrected chi connectivity index (χ4v) is 3.63. The number of piperazine rings is 1. The average Bonchev–Trinajstić information content (AvgIpc) is 3.54. The highest BCUT2D eigenvalue weighted by atomic mass is 35.5. The van der Waals surface area contributed by atoms with Crippen LogP contribution >= 0.6 is 11.6 Å². The molecule has 26 heavy (non-hydrogen) atoms. The Morgan fingerprint density at radius 1 is 1.08 bits per heavy atom. The number of nitrogens with zero attached hydrogens (tertiary/aromatic N) is 3. The molecule has 138 valence electrons. The second-order valence-corrected chi connectivity index (χ2v) is 7.75. The van der Waals surface area contributed by atoms with Gasteiger partial charge in [0.05, 0.1) is 10.6 Å². The molecule has 3 fully saturated rings. The molecule has 3 aliphatic rings. The van der Waals surface area contributed by atoms with Crippen LogP contribution in [-0.2, 0) is 4.79 Å². The summed E-state index contributed by atoms with van der Waals surface area (Å²) < 4.78 is 0.